The van der Waals surface area contributed by atoms with Gasteiger partial charge in [-0.05, 0) is 31.4 Å². The number of hydrogen-bond acceptors (Lipinski definition) is 8. The maximum Gasteiger partial charge on any atom is 0.309 e. The fourth-order valence-corrected chi connectivity index (χ4v) is 4.10. The number of aromatic nitrogens is 3. The summed E-state index contributed by atoms with van der Waals surface area (Å²) < 4.78 is 5.76. The number of esters is 1. The van der Waals surface area contributed by atoms with Crippen molar-refractivity contribution in [1.82, 2.24) is 20.3 Å². The molecule has 9 nitrogen and oxygen atoms in total. The summed E-state index contributed by atoms with van der Waals surface area (Å²) in [5, 5.41) is 33.2. The largest absolute Gasteiger partial charge is 0.457 e. The molecule has 2 heterocycles. The first-order chi connectivity index (χ1) is 15.8. The molecule has 1 aliphatic rings. The van der Waals surface area contributed by atoms with Crippen LogP contribution in [0.2, 0.25) is 0 Å². The molecular formula is C25H40N4O5. The molecule has 3 N–H and O–H groups in total. The molecule has 0 aromatic carbocycles. The molecule has 5 atom stereocenters. The number of rotatable bonds is 2. The summed E-state index contributed by atoms with van der Waals surface area (Å²) in [5.74, 6) is -1.73. The third kappa shape index (κ3) is 7.32. The minimum absolute atomic E-state index is 0.164. The molecule has 0 radical (unpaired) electrons. The van der Waals surface area contributed by atoms with E-state index in [9.17, 15) is 19.8 Å². The lowest BCUT2D eigenvalue weighted by Crippen LogP contribution is -2.46. The SMILES string of the molecule is CC1=CCC(C(C)=Cc2cnn(C)n2)OC(=O)C[C@H](O)C(C)(C)C(=O)[C@@H](C)[C@H](O)[C@H](C)CNC1. The third-order valence-corrected chi connectivity index (χ3v) is 6.66. The molecule has 0 amide bonds. The van der Waals surface area contributed by atoms with Gasteiger partial charge in [-0.3, -0.25) is 9.59 Å². The summed E-state index contributed by atoms with van der Waals surface area (Å²) in [6.45, 7) is 11.8. The molecule has 34 heavy (non-hydrogen) atoms. The average Bonchev–Trinajstić information content (AvgIpc) is 3.18. The van der Waals surface area contributed by atoms with Gasteiger partial charge in [0.2, 0.25) is 0 Å². The highest BCUT2D eigenvalue weighted by Gasteiger charge is 2.42. The topological polar surface area (TPSA) is 127 Å². The molecule has 1 aromatic rings. The fraction of sp³-hybridized carbons (Fsp3) is 0.680. The number of nitrogens with zero attached hydrogens (tertiary/aromatic N) is 3. The third-order valence-electron chi connectivity index (χ3n) is 6.66. The van der Waals surface area contributed by atoms with E-state index in [4.69, 9.17) is 4.74 Å². The standard InChI is InChI=1S/C25H40N4O5/c1-15-8-9-20(16(2)10-19-14-27-29(7)28-19)34-22(31)11-21(30)25(5,6)24(33)18(4)23(32)17(3)13-26-12-15/h8,10,14,17-18,20-21,23,26,30,32H,9,11-13H2,1-7H3/t17-,18+,20?,21+,23-/m1/s1. The molecule has 1 unspecified atom stereocenters. The van der Waals surface area contributed by atoms with Crippen LogP contribution in [0.15, 0.2) is 23.4 Å². The summed E-state index contributed by atoms with van der Waals surface area (Å²) in [6.07, 6.45) is 2.92. The first kappa shape index (κ1) is 27.9. The normalized spacial score (nSPS) is 30.6. The molecule has 0 fully saturated rings. The molecular weight excluding hydrogens is 436 g/mol. The first-order valence-electron chi connectivity index (χ1n) is 11.8. The molecule has 9 heteroatoms. The number of carbonyl (C=O) groups excluding carboxylic acids is 2. The van der Waals surface area contributed by atoms with Crippen molar-refractivity contribution in [3.63, 3.8) is 0 Å². The molecule has 2 rings (SSSR count). The van der Waals surface area contributed by atoms with Gasteiger partial charge in [0.05, 0.1) is 30.2 Å². The van der Waals surface area contributed by atoms with Gasteiger partial charge >= 0.3 is 5.97 Å². The molecule has 0 bridgehead atoms. The Morgan fingerprint density at radius 1 is 1.29 bits per heavy atom. The maximum absolute atomic E-state index is 13.1. The van der Waals surface area contributed by atoms with Crippen LogP contribution in [0.1, 0.15) is 60.1 Å². The molecule has 190 valence electrons. The van der Waals surface area contributed by atoms with E-state index in [0.29, 0.717) is 25.2 Å². The second kappa shape index (κ2) is 11.9. The van der Waals surface area contributed by atoms with E-state index in [1.165, 1.54) is 4.80 Å². The second-order valence-corrected chi connectivity index (χ2v) is 10.1. The summed E-state index contributed by atoms with van der Waals surface area (Å²) in [6, 6.07) is 0. The van der Waals surface area contributed by atoms with E-state index in [1.807, 2.05) is 32.9 Å². The van der Waals surface area contributed by atoms with Crippen LogP contribution in [-0.4, -0.2) is 68.4 Å². The monoisotopic (exact) mass is 476 g/mol. The Labute approximate surface area is 202 Å². The van der Waals surface area contributed by atoms with Crippen molar-refractivity contribution in [2.75, 3.05) is 13.1 Å². The minimum Gasteiger partial charge on any atom is -0.457 e. The fourth-order valence-electron chi connectivity index (χ4n) is 4.10. The highest BCUT2D eigenvalue weighted by molar-refractivity contribution is 5.88. The minimum atomic E-state index is -1.24. The van der Waals surface area contributed by atoms with E-state index >= 15 is 0 Å². The van der Waals surface area contributed by atoms with Crippen LogP contribution in [0.4, 0.5) is 0 Å². The van der Waals surface area contributed by atoms with Gasteiger partial charge in [0, 0.05) is 32.5 Å². The van der Waals surface area contributed by atoms with E-state index < -0.39 is 35.6 Å². The number of aliphatic hydroxyl groups excluding tert-OH is 2. The number of cyclic esters (lactones) is 1. The smallest absolute Gasteiger partial charge is 0.309 e. The zero-order valence-electron chi connectivity index (χ0n) is 21.4. The van der Waals surface area contributed by atoms with E-state index in [1.54, 1.807) is 34.0 Å². The van der Waals surface area contributed by atoms with E-state index in [0.717, 1.165) is 11.1 Å². The maximum atomic E-state index is 13.1. The van der Waals surface area contributed by atoms with Crippen LogP contribution in [0.5, 0.6) is 0 Å². The van der Waals surface area contributed by atoms with Crippen LogP contribution >= 0.6 is 0 Å². The lowest BCUT2D eigenvalue weighted by Gasteiger charge is -2.34. The van der Waals surface area contributed by atoms with Gasteiger partial charge in [-0.25, -0.2) is 0 Å². The Morgan fingerprint density at radius 3 is 2.59 bits per heavy atom. The number of ether oxygens (including phenoxy) is 1. The average molecular weight is 477 g/mol. The molecule has 1 aromatic heterocycles. The number of hydrogen-bond donors (Lipinski definition) is 3. The van der Waals surface area contributed by atoms with E-state index in [2.05, 4.69) is 15.5 Å². The van der Waals surface area contributed by atoms with Crippen molar-refractivity contribution in [1.29, 1.82) is 0 Å². The van der Waals surface area contributed by atoms with Gasteiger partial charge in [0.1, 0.15) is 17.6 Å². The van der Waals surface area contributed by atoms with E-state index in [-0.39, 0.29) is 18.1 Å². The number of aryl methyl sites for hydroxylation is 1. The van der Waals surface area contributed by atoms with Crippen LogP contribution in [0.25, 0.3) is 6.08 Å². The summed E-state index contributed by atoms with van der Waals surface area (Å²) in [5.41, 5.74) is 1.29. The molecule has 0 spiro atoms. The quantitative estimate of drug-likeness (QED) is 0.437. The van der Waals surface area contributed by atoms with Gasteiger partial charge in [0.25, 0.3) is 0 Å². The van der Waals surface area contributed by atoms with Crippen LogP contribution in [0, 0.1) is 17.3 Å². The first-order valence-corrected chi connectivity index (χ1v) is 11.8. The Morgan fingerprint density at radius 2 is 1.97 bits per heavy atom. The predicted octanol–water partition coefficient (Wildman–Crippen LogP) is 2.05. The number of nitrogens with one attached hydrogen (secondary N) is 1. The molecule has 0 aliphatic carbocycles. The Hall–Kier alpha value is -2.36. The van der Waals surface area contributed by atoms with Gasteiger partial charge in [-0.15, -0.1) is 0 Å². The van der Waals surface area contributed by atoms with Crippen molar-refractivity contribution < 1.29 is 24.5 Å². The highest BCUT2D eigenvalue weighted by atomic mass is 16.5. The van der Waals surface area contributed by atoms with Gasteiger partial charge in [0.15, 0.2) is 0 Å². The summed E-state index contributed by atoms with van der Waals surface area (Å²) in [4.78, 5) is 27.4. The van der Waals surface area contributed by atoms with Crippen molar-refractivity contribution >= 4 is 17.8 Å². The summed E-state index contributed by atoms with van der Waals surface area (Å²) >= 11 is 0. The molecule has 0 saturated heterocycles. The number of aliphatic hydroxyl groups is 2. The zero-order chi connectivity index (χ0) is 25.6. The highest BCUT2D eigenvalue weighted by Crippen LogP contribution is 2.31. The van der Waals surface area contributed by atoms with Crippen molar-refractivity contribution in [3.8, 4) is 0 Å². The van der Waals surface area contributed by atoms with Crippen molar-refractivity contribution in [2.45, 2.75) is 72.7 Å². The van der Waals surface area contributed by atoms with Gasteiger partial charge in [-0.1, -0.05) is 39.3 Å². The lowest BCUT2D eigenvalue weighted by molar-refractivity contribution is -0.154. The van der Waals surface area contributed by atoms with Crippen LogP contribution in [-0.2, 0) is 21.4 Å². The lowest BCUT2D eigenvalue weighted by atomic mass is 9.73. The van der Waals surface area contributed by atoms with Crippen LogP contribution in [0.3, 0.4) is 0 Å². The zero-order valence-corrected chi connectivity index (χ0v) is 21.4. The van der Waals surface area contributed by atoms with Crippen molar-refractivity contribution in [2.24, 2.45) is 24.3 Å². The van der Waals surface area contributed by atoms with Crippen LogP contribution < -0.4 is 5.32 Å². The summed E-state index contributed by atoms with van der Waals surface area (Å²) in [7, 11) is 1.73. The predicted molar refractivity (Wildman–Crippen MR) is 130 cm³/mol. The Balaban J connectivity index is 2.33. The number of ketones is 1. The second-order valence-electron chi connectivity index (χ2n) is 10.1. The number of carbonyl (C=O) groups is 2. The number of Topliss-reactive ketones (excluding diaryl/α,β-unsaturated/α-hetero) is 1. The van der Waals surface area contributed by atoms with Gasteiger partial charge < -0.3 is 20.3 Å². The van der Waals surface area contributed by atoms with Crippen molar-refractivity contribution in [3.05, 3.63) is 29.1 Å². The van der Waals surface area contributed by atoms with Gasteiger partial charge in [-0.2, -0.15) is 15.0 Å². The Bertz CT molecular complexity index is 920. The molecule has 0 saturated carbocycles. The Kier molecular flexibility index (Phi) is 9.73. The molecule has 1 aliphatic heterocycles.